The Bertz CT molecular complexity index is 767. The topological polar surface area (TPSA) is 73.3 Å². The molecule has 0 saturated carbocycles. The zero-order chi connectivity index (χ0) is 15.9. The molecule has 1 fully saturated rings. The third-order valence-corrected chi connectivity index (χ3v) is 4.66. The Hall–Kier alpha value is -1.79. The Morgan fingerprint density at radius 1 is 1.30 bits per heavy atom. The van der Waals surface area contributed by atoms with Gasteiger partial charge in [0.1, 0.15) is 6.54 Å². The van der Waals surface area contributed by atoms with Crippen molar-refractivity contribution in [3.8, 4) is 0 Å². The number of carbonyl (C=O) groups excluding carboxylic acids is 1. The number of hydrogen-bond donors (Lipinski definition) is 1. The van der Waals surface area contributed by atoms with Gasteiger partial charge in [-0.2, -0.15) is 0 Å². The summed E-state index contributed by atoms with van der Waals surface area (Å²) in [6, 6.07) is 7.72. The first-order valence-electron chi connectivity index (χ1n) is 7.66. The quantitative estimate of drug-likeness (QED) is 0.905. The standard InChI is InChI=1S/C16H22N4O2.ClH/c1-11-7-12(8-17)9-19(11)15(21)10-20-14-6-4-3-5-13(14)18(2)16(20)22;/h3-6,11-12H,7-10,17H2,1-2H3;1H. The lowest BCUT2D eigenvalue weighted by molar-refractivity contribution is -0.132. The molecule has 7 heteroatoms. The van der Waals surface area contributed by atoms with Gasteiger partial charge in [-0.15, -0.1) is 12.4 Å². The van der Waals surface area contributed by atoms with E-state index in [9.17, 15) is 9.59 Å². The van der Waals surface area contributed by atoms with Gasteiger partial charge in [0.2, 0.25) is 5.91 Å². The molecule has 126 valence electrons. The summed E-state index contributed by atoms with van der Waals surface area (Å²) in [6.45, 7) is 3.42. The highest BCUT2D eigenvalue weighted by Gasteiger charge is 2.31. The van der Waals surface area contributed by atoms with Gasteiger partial charge in [0.25, 0.3) is 0 Å². The number of hydrogen-bond acceptors (Lipinski definition) is 3. The fourth-order valence-electron chi connectivity index (χ4n) is 3.40. The SMILES string of the molecule is CC1CC(CN)CN1C(=O)Cn1c(=O)n(C)c2ccccc21.Cl. The number of likely N-dealkylation sites (tertiary alicyclic amines) is 1. The van der Waals surface area contributed by atoms with Crippen molar-refractivity contribution in [2.24, 2.45) is 18.7 Å². The van der Waals surface area contributed by atoms with Gasteiger partial charge in [-0.05, 0) is 37.9 Å². The molecule has 0 spiro atoms. The van der Waals surface area contributed by atoms with E-state index < -0.39 is 0 Å². The van der Waals surface area contributed by atoms with Crippen LogP contribution < -0.4 is 11.4 Å². The summed E-state index contributed by atoms with van der Waals surface area (Å²) in [5.74, 6) is 0.352. The molecule has 2 atom stereocenters. The van der Waals surface area contributed by atoms with Crippen LogP contribution in [0.3, 0.4) is 0 Å². The summed E-state index contributed by atoms with van der Waals surface area (Å²) in [7, 11) is 1.73. The molecule has 0 bridgehead atoms. The van der Waals surface area contributed by atoms with Crippen molar-refractivity contribution in [1.82, 2.24) is 14.0 Å². The highest BCUT2D eigenvalue weighted by molar-refractivity contribution is 5.85. The van der Waals surface area contributed by atoms with Crippen molar-refractivity contribution in [3.05, 3.63) is 34.7 Å². The first-order chi connectivity index (χ1) is 10.5. The fraction of sp³-hybridized carbons (Fsp3) is 0.500. The van der Waals surface area contributed by atoms with Gasteiger partial charge < -0.3 is 10.6 Å². The highest BCUT2D eigenvalue weighted by Crippen LogP contribution is 2.22. The summed E-state index contributed by atoms with van der Waals surface area (Å²) in [5, 5.41) is 0. The largest absolute Gasteiger partial charge is 0.338 e. The zero-order valence-electron chi connectivity index (χ0n) is 13.4. The summed E-state index contributed by atoms with van der Waals surface area (Å²) < 4.78 is 3.14. The average Bonchev–Trinajstić information content (AvgIpc) is 3.01. The number of carbonyl (C=O) groups is 1. The predicted molar refractivity (Wildman–Crippen MR) is 92.8 cm³/mol. The van der Waals surface area contributed by atoms with Crippen molar-refractivity contribution >= 4 is 29.3 Å². The number of fused-ring (bicyclic) bond motifs is 1. The number of amides is 1. The van der Waals surface area contributed by atoms with E-state index in [-0.39, 0.29) is 36.6 Å². The number of halogens is 1. The van der Waals surface area contributed by atoms with E-state index in [0.717, 1.165) is 17.5 Å². The molecule has 2 heterocycles. The zero-order valence-corrected chi connectivity index (χ0v) is 14.3. The van der Waals surface area contributed by atoms with E-state index in [1.54, 1.807) is 16.2 Å². The molecule has 23 heavy (non-hydrogen) atoms. The Kier molecular flexibility index (Phi) is 5.16. The lowest BCUT2D eigenvalue weighted by Crippen LogP contribution is -2.39. The number of aromatic nitrogens is 2. The number of aryl methyl sites for hydroxylation is 1. The number of para-hydroxylation sites is 2. The molecule has 6 nitrogen and oxygen atoms in total. The molecule has 1 amide bonds. The van der Waals surface area contributed by atoms with Crippen molar-refractivity contribution < 1.29 is 4.79 Å². The first kappa shape index (κ1) is 17.6. The molecule has 0 radical (unpaired) electrons. The normalized spacial score (nSPS) is 20.7. The molecule has 2 aromatic rings. The first-order valence-corrected chi connectivity index (χ1v) is 7.66. The van der Waals surface area contributed by atoms with Gasteiger partial charge in [0.05, 0.1) is 11.0 Å². The van der Waals surface area contributed by atoms with Crippen LogP contribution in [0.25, 0.3) is 11.0 Å². The number of rotatable bonds is 3. The van der Waals surface area contributed by atoms with Crippen molar-refractivity contribution in [2.45, 2.75) is 25.9 Å². The lowest BCUT2D eigenvalue weighted by atomic mass is 10.1. The number of imidazole rings is 1. The maximum Gasteiger partial charge on any atom is 0.329 e. The minimum absolute atomic E-state index is 0. The minimum atomic E-state index is -0.156. The highest BCUT2D eigenvalue weighted by atomic mass is 35.5. The minimum Gasteiger partial charge on any atom is -0.338 e. The van der Waals surface area contributed by atoms with Gasteiger partial charge in [-0.25, -0.2) is 4.79 Å². The maximum atomic E-state index is 12.6. The Labute approximate surface area is 141 Å². The van der Waals surface area contributed by atoms with Gasteiger partial charge in [-0.3, -0.25) is 13.9 Å². The molecule has 1 aromatic carbocycles. The molecule has 1 aliphatic heterocycles. The van der Waals surface area contributed by atoms with Crippen molar-refractivity contribution in [3.63, 3.8) is 0 Å². The molecule has 3 rings (SSSR count). The molecule has 0 aliphatic carbocycles. The summed E-state index contributed by atoms with van der Waals surface area (Å²) in [6.07, 6.45) is 0.937. The molecule has 2 N–H and O–H groups in total. The summed E-state index contributed by atoms with van der Waals surface area (Å²) in [4.78, 5) is 26.8. The molecular formula is C16H23ClN4O2. The predicted octanol–water partition coefficient (Wildman–Crippen LogP) is 0.958. The number of nitrogens with two attached hydrogens (primary N) is 1. The van der Waals surface area contributed by atoms with E-state index >= 15 is 0 Å². The molecule has 1 aliphatic rings. The number of nitrogens with zero attached hydrogens (tertiary/aromatic N) is 3. The van der Waals surface area contributed by atoms with Crippen molar-refractivity contribution in [1.29, 1.82) is 0 Å². The van der Waals surface area contributed by atoms with E-state index in [2.05, 4.69) is 0 Å². The molecule has 2 unspecified atom stereocenters. The van der Waals surface area contributed by atoms with Gasteiger partial charge in [-0.1, -0.05) is 12.1 Å². The Balaban J connectivity index is 0.00000192. The van der Waals surface area contributed by atoms with Gasteiger partial charge in [0.15, 0.2) is 0 Å². The smallest absolute Gasteiger partial charge is 0.329 e. The van der Waals surface area contributed by atoms with E-state index in [4.69, 9.17) is 5.73 Å². The van der Waals surface area contributed by atoms with Crippen LogP contribution in [0.2, 0.25) is 0 Å². The van der Waals surface area contributed by atoms with Crippen LogP contribution in [-0.4, -0.2) is 39.1 Å². The molecule has 1 aromatic heterocycles. The van der Waals surface area contributed by atoms with Crippen molar-refractivity contribution in [2.75, 3.05) is 13.1 Å². The molecule has 1 saturated heterocycles. The fourth-order valence-corrected chi connectivity index (χ4v) is 3.40. The van der Waals surface area contributed by atoms with Crippen LogP contribution in [0, 0.1) is 5.92 Å². The monoisotopic (exact) mass is 338 g/mol. The Morgan fingerprint density at radius 3 is 2.57 bits per heavy atom. The van der Waals surface area contributed by atoms with Crippen LogP contribution >= 0.6 is 12.4 Å². The average molecular weight is 339 g/mol. The van der Waals surface area contributed by atoms with Crippen LogP contribution in [0.5, 0.6) is 0 Å². The summed E-state index contributed by atoms with van der Waals surface area (Å²) in [5.41, 5.74) is 7.20. The second-order valence-electron chi connectivity index (χ2n) is 6.15. The Morgan fingerprint density at radius 2 is 1.96 bits per heavy atom. The number of benzene rings is 1. The summed E-state index contributed by atoms with van der Waals surface area (Å²) >= 11 is 0. The van der Waals surface area contributed by atoms with Gasteiger partial charge in [0, 0.05) is 19.6 Å². The van der Waals surface area contributed by atoms with E-state index in [1.807, 2.05) is 36.1 Å². The maximum absolute atomic E-state index is 12.6. The van der Waals surface area contributed by atoms with E-state index in [1.165, 1.54) is 0 Å². The lowest BCUT2D eigenvalue weighted by Gasteiger charge is -2.21. The second-order valence-corrected chi connectivity index (χ2v) is 6.15. The van der Waals surface area contributed by atoms with Crippen LogP contribution in [0.4, 0.5) is 0 Å². The van der Waals surface area contributed by atoms with Crippen LogP contribution in [0.15, 0.2) is 29.1 Å². The third-order valence-electron chi connectivity index (χ3n) is 4.66. The van der Waals surface area contributed by atoms with Gasteiger partial charge >= 0.3 is 5.69 Å². The molecular weight excluding hydrogens is 316 g/mol. The third kappa shape index (κ3) is 3.01. The van der Waals surface area contributed by atoms with E-state index in [0.29, 0.717) is 19.0 Å². The van der Waals surface area contributed by atoms with Crippen LogP contribution in [-0.2, 0) is 18.4 Å². The second kappa shape index (κ2) is 6.76. The van der Waals surface area contributed by atoms with Crippen LogP contribution in [0.1, 0.15) is 13.3 Å².